The SMILES string of the molecule is CNC(=O)CCC(C=O)N(C)Cc1c(C=O)cccc1SCCCCCCCCCCC(=O)N1CCN(C2CCN(C/C=C/C=O)CC2)CC1. The number of likely N-dealkylation sites (N-methyl/N-ethyl adjacent to an activating group) is 1. The van der Waals surface area contributed by atoms with Crippen molar-refractivity contribution in [3.63, 3.8) is 0 Å². The lowest BCUT2D eigenvalue weighted by atomic mass is 10.0. The van der Waals surface area contributed by atoms with Gasteiger partial charge in [-0.05, 0) is 75.7 Å². The second-order valence-corrected chi connectivity index (χ2v) is 14.8. The Kier molecular flexibility index (Phi) is 20.2. The number of hydrogen-bond donors (Lipinski definition) is 1. The third kappa shape index (κ3) is 14.8. The number of allylic oxidation sites excluding steroid dienone is 1. The Hall–Kier alpha value is -2.86. The quantitative estimate of drug-likeness (QED) is 0.0687. The maximum Gasteiger partial charge on any atom is 0.222 e. The minimum atomic E-state index is -0.392. The molecule has 0 bridgehead atoms. The van der Waals surface area contributed by atoms with Crippen LogP contribution in [0.2, 0.25) is 0 Å². The van der Waals surface area contributed by atoms with Gasteiger partial charge in [0.1, 0.15) is 18.9 Å². The second-order valence-electron chi connectivity index (χ2n) is 13.7. The first-order valence-electron chi connectivity index (χ1n) is 18.8. The van der Waals surface area contributed by atoms with E-state index < -0.39 is 6.04 Å². The molecule has 2 saturated heterocycles. The lowest BCUT2D eigenvalue weighted by Gasteiger charge is -2.42. The van der Waals surface area contributed by atoms with Gasteiger partial charge in [0, 0.05) is 75.7 Å². The van der Waals surface area contributed by atoms with Gasteiger partial charge in [-0.2, -0.15) is 0 Å². The molecule has 1 aromatic rings. The van der Waals surface area contributed by atoms with Gasteiger partial charge < -0.3 is 15.0 Å². The highest BCUT2D eigenvalue weighted by Crippen LogP contribution is 2.28. The molecule has 11 heteroatoms. The summed E-state index contributed by atoms with van der Waals surface area (Å²) < 4.78 is 0. The van der Waals surface area contributed by atoms with Gasteiger partial charge in [0.2, 0.25) is 11.8 Å². The highest BCUT2D eigenvalue weighted by atomic mass is 32.2. The van der Waals surface area contributed by atoms with Crippen LogP contribution in [0.4, 0.5) is 0 Å². The summed E-state index contributed by atoms with van der Waals surface area (Å²) >= 11 is 1.77. The molecule has 2 aliphatic heterocycles. The van der Waals surface area contributed by atoms with E-state index in [1.165, 1.54) is 32.1 Å². The summed E-state index contributed by atoms with van der Waals surface area (Å²) in [5.41, 5.74) is 1.59. The molecular formula is C39H61N5O5S. The van der Waals surface area contributed by atoms with Gasteiger partial charge in [-0.1, -0.05) is 56.7 Å². The number of carbonyl (C=O) groups excluding carboxylic acids is 5. The number of nitrogens with zero attached hydrogens (tertiary/aromatic N) is 4. The van der Waals surface area contributed by atoms with Crippen molar-refractivity contribution >= 4 is 42.4 Å². The predicted molar refractivity (Wildman–Crippen MR) is 202 cm³/mol. The molecule has 2 fully saturated rings. The third-order valence-electron chi connectivity index (χ3n) is 10.2. The van der Waals surface area contributed by atoms with E-state index in [9.17, 15) is 24.0 Å². The van der Waals surface area contributed by atoms with Crippen molar-refractivity contribution in [1.29, 1.82) is 0 Å². The van der Waals surface area contributed by atoms with Gasteiger partial charge >= 0.3 is 0 Å². The van der Waals surface area contributed by atoms with Crippen molar-refractivity contribution in [2.24, 2.45) is 0 Å². The van der Waals surface area contributed by atoms with Crippen molar-refractivity contribution < 1.29 is 24.0 Å². The van der Waals surface area contributed by atoms with E-state index in [0.29, 0.717) is 36.9 Å². The molecule has 2 aliphatic rings. The highest BCUT2D eigenvalue weighted by Gasteiger charge is 2.28. The van der Waals surface area contributed by atoms with Crippen LogP contribution in [0, 0.1) is 0 Å². The van der Waals surface area contributed by atoms with E-state index in [1.807, 2.05) is 30.2 Å². The average Bonchev–Trinajstić information content (AvgIpc) is 3.14. The summed E-state index contributed by atoms with van der Waals surface area (Å²) in [6.45, 7) is 7.12. The van der Waals surface area contributed by atoms with Gasteiger partial charge in [0.05, 0.1) is 6.04 Å². The molecule has 2 heterocycles. The molecule has 3 rings (SSSR count). The standard InChI is InChI=1S/C39H61N5O5S/c1-40-38(48)18-17-35(32-47)41(2)30-36-33(31-46)14-13-15-37(36)50-29-12-8-6-4-3-5-7-9-16-39(49)44-26-24-43(25-27-44)34-19-22-42(23-20-34)21-10-11-28-45/h10-11,13-15,28,31-32,34-35H,3-9,12,16-27,29-30H2,1-2H3,(H,40,48)/b11-10+. The Labute approximate surface area is 304 Å². The Morgan fingerprint density at radius 2 is 1.60 bits per heavy atom. The fraction of sp³-hybridized carbons (Fsp3) is 0.667. The molecular weight excluding hydrogens is 651 g/mol. The molecule has 1 unspecified atom stereocenters. The molecule has 10 nitrogen and oxygen atoms in total. The summed E-state index contributed by atoms with van der Waals surface area (Å²) in [5, 5.41) is 2.60. The minimum Gasteiger partial charge on any atom is -0.359 e. The molecule has 0 radical (unpaired) electrons. The number of piperidine rings is 1. The van der Waals surface area contributed by atoms with Gasteiger partial charge in [-0.25, -0.2) is 0 Å². The number of likely N-dealkylation sites (tertiary alicyclic amines) is 1. The normalized spacial score (nSPS) is 16.9. The summed E-state index contributed by atoms with van der Waals surface area (Å²) in [6, 6.07) is 6.01. The summed E-state index contributed by atoms with van der Waals surface area (Å²) in [6.07, 6.45) is 19.0. The highest BCUT2D eigenvalue weighted by molar-refractivity contribution is 7.99. The lowest BCUT2D eigenvalue weighted by Crippen LogP contribution is -2.54. The number of benzene rings is 1. The van der Waals surface area contributed by atoms with Crippen LogP contribution in [0.1, 0.15) is 99.4 Å². The number of nitrogens with one attached hydrogen (secondary N) is 1. The molecule has 0 aliphatic carbocycles. The molecule has 50 heavy (non-hydrogen) atoms. The molecule has 2 amide bonds. The number of carbonyl (C=O) groups is 5. The maximum atomic E-state index is 12.8. The largest absolute Gasteiger partial charge is 0.359 e. The van der Waals surface area contributed by atoms with Crippen molar-refractivity contribution in [1.82, 2.24) is 24.9 Å². The average molecular weight is 712 g/mol. The van der Waals surface area contributed by atoms with Crippen LogP contribution in [-0.2, 0) is 25.7 Å². The molecule has 0 spiro atoms. The number of thioether (sulfide) groups is 1. The fourth-order valence-electron chi connectivity index (χ4n) is 7.01. The van der Waals surface area contributed by atoms with E-state index in [-0.39, 0.29) is 12.3 Å². The molecule has 0 aromatic heterocycles. The number of hydrogen-bond acceptors (Lipinski definition) is 9. The molecule has 278 valence electrons. The van der Waals surface area contributed by atoms with Crippen LogP contribution in [0.5, 0.6) is 0 Å². The van der Waals surface area contributed by atoms with E-state index >= 15 is 0 Å². The third-order valence-corrected chi connectivity index (χ3v) is 11.4. The Morgan fingerprint density at radius 1 is 0.920 bits per heavy atom. The second kappa shape index (κ2) is 24.3. The van der Waals surface area contributed by atoms with Crippen molar-refractivity contribution in [2.75, 3.05) is 65.7 Å². The summed E-state index contributed by atoms with van der Waals surface area (Å²) in [4.78, 5) is 68.6. The van der Waals surface area contributed by atoms with Crippen LogP contribution < -0.4 is 5.32 Å². The first-order chi connectivity index (χ1) is 24.4. The first kappa shape index (κ1) is 41.6. The van der Waals surface area contributed by atoms with Crippen molar-refractivity contribution in [3.8, 4) is 0 Å². The van der Waals surface area contributed by atoms with Crippen LogP contribution in [-0.4, -0.2) is 128 Å². The first-order valence-corrected chi connectivity index (χ1v) is 19.8. The topological polar surface area (TPSA) is 110 Å². The van der Waals surface area contributed by atoms with Crippen LogP contribution in [0.3, 0.4) is 0 Å². The Balaban J connectivity index is 1.22. The van der Waals surface area contributed by atoms with Gasteiger partial charge in [-0.15, -0.1) is 11.8 Å². The number of unbranched alkanes of at least 4 members (excludes halogenated alkanes) is 7. The zero-order valence-corrected chi connectivity index (χ0v) is 31.4. The number of amides is 2. The predicted octanol–water partition coefficient (Wildman–Crippen LogP) is 4.99. The summed E-state index contributed by atoms with van der Waals surface area (Å²) in [5.74, 6) is 1.20. The Bertz CT molecular complexity index is 1210. The monoisotopic (exact) mass is 711 g/mol. The smallest absolute Gasteiger partial charge is 0.222 e. The van der Waals surface area contributed by atoms with E-state index in [4.69, 9.17) is 0 Å². The molecule has 1 N–H and O–H groups in total. The van der Waals surface area contributed by atoms with Crippen molar-refractivity contribution in [3.05, 3.63) is 41.5 Å². The lowest BCUT2D eigenvalue weighted by molar-refractivity contribution is -0.133. The number of rotatable bonds is 24. The zero-order chi connectivity index (χ0) is 36.0. The van der Waals surface area contributed by atoms with Gasteiger partial charge in [0.15, 0.2) is 0 Å². The van der Waals surface area contributed by atoms with E-state index in [1.54, 1.807) is 24.9 Å². The minimum absolute atomic E-state index is 0.0893. The van der Waals surface area contributed by atoms with Crippen LogP contribution >= 0.6 is 11.8 Å². The van der Waals surface area contributed by atoms with Gasteiger partial charge in [0.25, 0.3) is 0 Å². The van der Waals surface area contributed by atoms with Crippen molar-refractivity contribution in [2.45, 2.75) is 107 Å². The van der Waals surface area contributed by atoms with Crippen LogP contribution in [0.25, 0.3) is 0 Å². The number of piperazine rings is 1. The van der Waals surface area contributed by atoms with Gasteiger partial charge in [-0.3, -0.25) is 33.9 Å². The molecule has 1 aromatic carbocycles. The van der Waals surface area contributed by atoms with Crippen LogP contribution in [0.15, 0.2) is 35.2 Å². The summed E-state index contributed by atoms with van der Waals surface area (Å²) in [7, 11) is 3.46. The van der Waals surface area contributed by atoms with E-state index in [2.05, 4.69) is 26.1 Å². The maximum absolute atomic E-state index is 12.8. The fourth-order valence-corrected chi connectivity index (χ4v) is 8.11. The number of aldehydes is 3. The Morgan fingerprint density at radius 3 is 2.24 bits per heavy atom. The zero-order valence-electron chi connectivity index (χ0n) is 30.6. The molecule has 0 saturated carbocycles. The molecule has 1 atom stereocenters. The van der Waals surface area contributed by atoms with E-state index in [0.717, 1.165) is 113 Å².